The van der Waals surface area contributed by atoms with Gasteiger partial charge in [-0.2, -0.15) is 0 Å². The van der Waals surface area contributed by atoms with Crippen molar-refractivity contribution in [2.75, 3.05) is 0 Å². The molecule has 1 aliphatic heterocycles. The molecule has 5 heteroatoms. The monoisotopic (exact) mass is 358 g/mol. The van der Waals surface area contributed by atoms with Crippen LogP contribution in [0.1, 0.15) is 16.7 Å². The van der Waals surface area contributed by atoms with Crippen LogP contribution in [-0.2, 0) is 9.84 Å². The SMILES string of the molecule is [C-]#[N+]/C(C#N)=C1/C=C(c2ccccc2)S(=O)(=O)C(c2ccc(C)cc2)=C1. The van der Waals surface area contributed by atoms with Gasteiger partial charge >= 0.3 is 0 Å². The van der Waals surface area contributed by atoms with Crippen molar-refractivity contribution in [2.45, 2.75) is 6.92 Å². The summed E-state index contributed by atoms with van der Waals surface area (Å²) in [6.07, 6.45) is 2.81. The minimum atomic E-state index is -3.79. The second-order valence-corrected chi connectivity index (χ2v) is 7.67. The predicted molar refractivity (Wildman–Crippen MR) is 102 cm³/mol. The quantitative estimate of drug-likeness (QED) is 0.586. The summed E-state index contributed by atoms with van der Waals surface area (Å²) in [5.41, 5.74) is 2.21. The normalized spacial score (nSPS) is 17.3. The summed E-state index contributed by atoms with van der Waals surface area (Å²) >= 11 is 0. The number of sulfone groups is 1. The minimum Gasteiger partial charge on any atom is -0.226 e. The van der Waals surface area contributed by atoms with Gasteiger partial charge in [0, 0.05) is 0 Å². The largest absolute Gasteiger partial charge is 0.269 e. The molecule has 0 bridgehead atoms. The number of rotatable bonds is 2. The first kappa shape index (κ1) is 17.4. The third-order valence-corrected chi connectivity index (χ3v) is 5.90. The van der Waals surface area contributed by atoms with E-state index in [2.05, 4.69) is 4.85 Å². The van der Waals surface area contributed by atoms with Gasteiger partial charge in [-0.3, -0.25) is 0 Å². The lowest BCUT2D eigenvalue weighted by Crippen LogP contribution is -2.11. The van der Waals surface area contributed by atoms with E-state index in [1.165, 1.54) is 12.2 Å². The Morgan fingerprint density at radius 1 is 0.962 bits per heavy atom. The number of allylic oxidation sites excluding steroid dienone is 4. The highest BCUT2D eigenvalue weighted by Gasteiger charge is 2.30. The predicted octanol–water partition coefficient (Wildman–Crippen LogP) is 4.50. The zero-order valence-corrected chi connectivity index (χ0v) is 14.8. The van der Waals surface area contributed by atoms with Gasteiger partial charge in [0.25, 0.3) is 5.70 Å². The van der Waals surface area contributed by atoms with Crippen molar-refractivity contribution in [1.29, 1.82) is 5.26 Å². The Balaban J connectivity index is 2.31. The highest BCUT2D eigenvalue weighted by molar-refractivity contribution is 8.09. The van der Waals surface area contributed by atoms with E-state index in [1.54, 1.807) is 42.5 Å². The fourth-order valence-corrected chi connectivity index (χ4v) is 4.38. The van der Waals surface area contributed by atoms with E-state index in [9.17, 15) is 13.7 Å². The molecule has 0 amide bonds. The molecule has 0 saturated carbocycles. The summed E-state index contributed by atoms with van der Waals surface area (Å²) in [5, 5.41) is 9.23. The average Bonchev–Trinajstić information content (AvgIpc) is 2.65. The van der Waals surface area contributed by atoms with Crippen LogP contribution in [0.15, 0.2) is 78.0 Å². The number of hydrogen-bond donors (Lipinski definition) is 0. The lowest BCUT2D eigenvalue weighted by atomic mass is 10.1. The summed E-state index contributed by atoms with van der Waals surface area (Å²) in [5.74, 6) is 0. The number of aryl methyl sites for hydroxylation is 1. The van der Waals surface area contributed by atoms with Gasteiger partial charge in [-0.15, -0.1) is 0 Å². The molecule has 0 saturated heterocycles. The Kier molecular flexibility index (Phi) is 4.58. The molecule has 3 rings (SSSR count). The molecular formula is C21H14N2O2S. The lowest BCUT2D eigenvalue weighted by molar-refractivity contribution is 0.614. The first-order valence-corrected chi connectivity index (χ1v) is 9.28. The van der Waals surface area contributed by atoms with Crippen LogP contribution < -0.4 is 0 Å². The smallest absolute Gasteiger partial charge is 0.226 e. The summed E-state index contributed by atoms with van der Waals surface area (Å²) in [6.45, 7) is 9.12. The van der Waals surface area contributed by atoms with Gasteiger partial charge in [0.15, 0.2) is 0 Å². The molecule has 0 fully saturated rings. The number of nitriles is 1. The van der Waals surface area contributed by atoms with Crippen molar-refractivity contribution in [3.05, 3.63) is 106 Å². The number of nitrogens with zero attached hydrogens (tertiary/aromatic N) is 2. The average molecular weight is 358 g/mol. The molecular weight excluding hydrogens is 344 g/mol. The fourth-order valence-electron chi connectivity index (χ4n) is 2.69. The molecule has 0 aromatic heterocycles. The molecule has 126 valence electrons. The molecule has 0 aliphatic carbocycles. The second kappa shape index (κ2) is 6.84. The summed E-state index contributed by atoms with van der Waals surface area (Å²) < 4.78 is 26.4. The van der Waals surface area contributed by atoms with Crippen molar-refractivity contribution in [1.82, 2.24) is 0 Å². The van der Waals surface area contributed by atoms with Gasteiger partial charge < -0.3 is 0 Å². The van der Waals surface area contributed by atoms with E-state index in [0.29, 0.717) is 16.7 Å². The second-order valence-electron chi connectivity index (χ2n) is 5.78. The summed E-state index contributed by atoms with van der Waals surface area (Å²) in [7, 11) is -3.79. The van der Waals surface area contributed by atoms with Crippen LogP contribution in [0.25, 0.3) is 14.7 Å². The van der Waals surface area contributed by atoms with Gasteiger partial charge in [0.05, 0.1) is 22.5 Å². The maximum absolute atomic E-state index is 13.2. The summed E-state index contributed by atoms with van der Waals surface area (Å²) in [6, 6.07) is 17.7. The zero-order chi connectivity index (χ0) is 18.7. The molecule has 0 radical (unpaired) electrons. The van der Waals surface area contributed by atoms with E-state index in [0.717, 1.165) is 5.56 Å². The maximum atomic E-state index is 13.2. The van der Waals surface area contributed by atoms with E-state index in [4.69, 9.17) is 6.57 Å². The molecule has 0 unspecified atom stereocenters. The lowest BCUT2D eigenvalue weighted by Gasteiger charge is -2.18. The number of benzene rings is 2. The molecule has 2 aromatic carbocycles. The highest BCUT2D eigenvalue weighted by atomic mass is 32.2. The molecule has 1 aliphatic rings. The standard InChI is InChI=1S/C21H14N2O2S/c1-15-8-10-17(11-9-15)21-13-18(19(14-22)23-2)12-20(26(21,24)25)16-6-4-3-5-7-16/h3-13H,1H3/b19-18-. The maximum Gasteiger partial charge on any atom is 0.269 e. The van der Waals surface area contributed by atoms with Crippen molar-refractivity contribution in [3.63, 3.8) is 0 Å². The van der Waals surface area contributed by atoms with E-state index < -0.39 is 9.84 Å². The van der Waals surface area contributed by atoms with Crippen LogP contribution in [0.2, 0.25) is 0 Å². The van der Waals surface area contributed by atoms with Gasteiger partial charge in [-0.05, 0) is 35.8 Å². The first-order valence-electron chi connectivity index (χ1n) is 7.80. The number of hydrogen-bond acceptors (Lipinski definition) is 3. The minimum absolute atomic E-state index is 0.0857. The topological polar surface area (TPSA) is 62.3 Å². The molecule has 1 heterocycles. The zero-order valence-electron chi connectivity index (χ0n) is 14.0. The Hall–Kier alpha value is -3.41. The van der Waals surface area contributed by atoms with Crippen LogP contribution in [0.3, 0.4) is 0 Å². The molecule has 4 nitrogen and oxygen atoms in total. The molecule has 0 spiro atoms. The Morgan fingerprint density at radius 2 is 1.50 bits per heavy atom. The van der Waals surface area contributed by atoms with Crippen molar-refractivity contribution in [2.24, 2.45) is 0 Å². The van der Waals surface area contributed by atoms with Crippen molar-refractivity contribution in [3.8, 4) is 6.07 Å². The first-order chi connectivity index (χ1) is 12.5. The summed E-state index contributed by atoms with van der Waals surface area (Å²) in [4.78, 5) is 3.41. The fraction of sp³-hybridized carbons (Fsp3) is 0.0476. The van der Waals surface area contributed by atoms with Gasteiger partial charge in [-0.1, -0.05) is 60.2 Å². The van der Waals surface area contributed by atoms with E-state index in [1.807, 2.05) is 25.1 Å². The molecule has 2 aromatic rings. The highest BCUT2D eigenvalue weighted by Crippen LogP contribution is 2.39. The molecule has 0 N–H and O–H groups in total. The Labute approximate surface area is 152 Å². The third-order valence-electron chi connectivity index (χ3n) is 4.04. The van der Waals surface area contributed by atoms with Crippen molar-refractivity contribution >= 4 is 19.6 Å². The van der Waals surface area contributed by atoms with Gasteiger partial charge in [0.1, 0.15) is 0 Å². The van der Waals surface area contributed by atoms with Crippen molar-refractivity contribution < 1.29 is 8.42 Å². The Morgan fingerprint density at radius 3 is 2.00 bits per heavy atom. The van der Waals surface area contributed by atoms with Crippen LogP contribution in [-0.4, -0.2) is 8.42 Å². The van der Waals surface area contributed by atoms with Crippen LogP contribution >= 0.6 is 0 Å². The third kappa shape index (κ3) is 3.09. The Bertz CT molecular complexity index is 1120. The van der Waals surface area contributed by atoms with E-state index in [-0.39, 0.29) is 15.5 Å². The van der Waals surface area contributed by atoms with Gasteiger partial charge in [0.2, 0.25) is 9.84 Å². The van der Waals surface area contributed by atoms with Crippen LogP contribution in [0.5, 0.6) is 0 Å². The van der Waals surface area contributed by atoms with E-state index >= 15 is 0 Å². The van der Waals surface area contributed by atoms with Crippen LogP contribution in [0.4, 0.5) is 0 Å². The molecule has 26 heavy (non-hydrogen) atoms. The van der Waals surface area contributed by atoms with Gasteiger partial charge in [-0.25, -0.2) is 18.5 Å². The molecule has 0 atom stereocenters. The van der Waals surface area contributed by atoms with Crippen LogP contribution in [0, 0.1) is 24.8 Å².